The zero-order valence-electron chi connectivity index (χ0n) is 5.78. The van der Waals surface area contributed by atoms with Crippen molar-refractivity contribution >= 4 is 6.09 Å². The molecule has 0 radical (unpaired) electrons. The molecule has 1 aliphatic heterocycles. The summed E-state index contributed by atoms with van der Waals surface area (Å²) in [6.07, 6.45) is 5.50. The van der Waals surface area contributed by atoms with Crippen molar-refractivity contribution in [2.24, 2.45) is 11.5 Å². The van der Waals surface area contributed by atoms with Crippen LogP contribution in [0.1, 0.15) is 0 Å². The van der Waals surface area contributed by atoms with Gasteiger partial charge in [-0.25, -0.2) is 4.79 Å². The Kier molecular flexibility index (Phi) is 1.82. The molecule has 0 aliphatic carbocycles. The minimum atomic E-state index is -1.29. The van der Waals surface area contributed by atoms with E-state index in [-0.39, 0.29) is 0 Å². The minimum Gasteiger partial charge on any atom is -0.406 e. The number of allylic oxidation sites excluding steroid dienone is 2. The summed E-state index contributed by atoms with van der Waals surface area (Å²) in [5.74, 6) is -1.29. The molecule has 5 nitrogen and oxygen atoms in total. The lowest BCUT2D eigenvalue weighted by Crippen LogP contribution is -2.54. The fourth-order valence-electron chi connectivity index (χ4n) is 0.710. The molecule has 1 unspecified atom stereocenters. The Morgan fingerprint density at radius 3 is 2.73 bits per heavy atom. The zero-order chi connectivity index (χ0) is 8.32. The van der Waals surface area contributed by atoms with Crippen molar-refractivity contribution in [3.8, 4) is 0 Å². The molecule has 0 saturated heterocycles. The van der Waals surface area contributed by atoms with Crippen molar-refractivity contribution in [1.82, 2.24) is 5.32 Å². The molecule has 60 valence electrons. The van der Waals surface area contributed by atoms with Gasteiger partial charge in [-0.05, 0) is 12.2 Å². The second kappa shape index (κ2) is 2.63. The average molecular weight is 155 g/mol. The third-order valence-electron chi connectivity index (χ3n) is 1.13. The maximum Gasteiger partial charge on any atom is 0.407 e. The van der Waals surface area contributed by atoms with Gasteiger partial charge in [0, 0.05) is 6.20 Å². The molecule has 1 amide bonds. The maximum atomic E-state index is 10.3. The van der Waals surface area contributed by atoms with Gasteiger partial charge in [-0.2, -0.15) is 0 Å². The van der Waals surface area contributed by atoms with Gasteiger partial charge in [-0.3, -0.25) is 5.73 Å². The van der Waals surface area contributed by atoms with E-state index in [1.807, 2.05) is 0 Å². The molecule has 0 spiro atoms. The zero-order valence-corrected chi connectivity index (χ0v) is 5.78. The summed E-state index contributed by atoms with van der Waals surface area (Å²) in [6, 6.07) is 0. The number of hydrogen-bond donors (Lipinski definition) is 3. The quantitative estimate of drug-likeness (QED) is 0.439. The van der Waals surface area contributed by atoms with Crippen molar-refractivity contribution in [2.75, 3.05) is 0 Å². The first-order valence-electron chi connectivity index (χ1n) is 3.02. The lowest BCUT2D eigenvalue weighted by atomic mass is 10.3. The first-order valence-corrected chi connectivity index (χ1v) is 3.02. The molecule has 1 heterocycles. The Balaban J connectivity index is 2.61. The third-order valence-corrected chi connectivity index (χ3v) is 1.13. The molecular formula is C6H9N3O2. The number of rotatable bonds is 1. The summed E-state index contributed by atoms with van der Waals surface area (Å²) in [5.41, 5.74) is 10.3. The highest BCUT2D eigenvalue weighted by Crippen LogP contribution is 2.04. The molecule has 5 heteroatoms. The molecular weight excluding hydrogens is 146 g/mol. The van der Waals surface area contributed by atoms with Gasteiger partial charge in [-0.1, -0.05) is 6.08 Å². The smallest absolute Gasteiger partial charge is 0.406 e. The van der Waals surface area contributed by atoms with Crippen LogP contribution in [-0.2, 0) is 4.74 Å². The van der Waals surface area contributed by atoms with E-state index in [9.17, 15) is 4.79 Å². The van der Waals surface area contributed by atoms with Gasteiger partial charge < -0.3 is 15.8 Å². The van der Waals surface area contributed by atoms with E-state index in [0.29, 0.717) is 0 Å². The second-order valence-corrected chi connectivity index (χ2v) is 2.08. The molecule has 0 aromatic heterocycles. The molecule has 1 atom stereocenters. The van der Waals surface area contributed by atoms with Gasteiger partial charge in [0.2, 0.25) is 0 Å². The lowest BCUT2D eigenvalue weighted by Gasteiger charge is -2.26. The van der Waals surface area contributed by atoms with E-state index in [2.05, 4.69) is 10.1 Å². The molecule has 1 rings (SSSR count). The number of nitrogens with one attached hydrogen (secondary N) is 1. The van der Waals surface area contributed by atoms with E-state index >= 15 is 0 Å². The van der Waals surface area contributed by atoms with Gasteiger partial charge in [-0.15, -0.1) is 0 Å². The SMILES string of the molecule is NC(=O)OC1(N)C=CC=CN1. The number of hydrogen-bond acceptors (Lipinski definition) is 4. The van der Waals surface area contributed by atoms with E-state index in [4.69, 9.17) is 11.5 Å². The van der Waals surface area contributed by atoms with Crippen LogP contribution in [0.25, 0.3) is 0 Å². The molecule has 5 N–H and O–H groups in total. The van der Waals surface area contributed by atoms with Gasteiger partial charge >= 0.3 is 6.09 Å². The van der Waals surface area contributed by atoms with Gasteiger partial charge in [0.05, 0.1) is 0 Å². The highest BCUT2D eigenvalue weighted by Gasteiger charge is 2.24. The van der Waals surface area contributed by atoms with Crippen molar-refractivity contribution in [3.05, 3.63) is 24.4 Å². The van der Waals surface area contributed by atoms with E-state index < -0.39 is 11.9 Å². The van der Waals surface area contributed by atoms with Crippen LogP contribution in [0.2, 0.25) is 0 Å². The van der Waals surface area contributed by atoms with Gasteiger partial charge in [0.15, 0.2) is 0 Å². The van der Waals surface area contributed by atoms with Crippen LogP contribution in [-0.4, -0.2) is 11.9 Å². The number of carbonyl (C=O) groups excluding carboxylic acids is 1. The first-order chi connectivity index (χ1) is 5.12. The summed E-state index contributed by atoms with van der Waals surface area (Å²) in [7, 11) is 0. The van der Waals surface area contributed by atoms with Crippen LogP contribution in [0, 0.1) is 0 Å². The molecule has 0 aromatic carbocycles. The van der Waals surface area contributed by atoms with Crippen LogP contribution in [0.15, 0.2) is 24.4 Å². The summed E-state index contributed by atoms with van der Waals surface area (Å²) < 4.78 is 4.55. The number of ether oxygens (including phenoxy) is 1. The predicted molar refractivity (Wildman–Crippen MR) is 39.0 cm³/mol. The largest absolute Gasteiger partial charge is 0.407 e. The monoisotopic (exact) mass is 155 g/mol. The molecule has 0 fully saturated rings. The van der Waals surface area contributed by atoms with Crippen LogP contribution >= 0.6 is 0 Å². The Labute approximate surface area is 63.7 Å². The molecule has 0 saturated carbocycles. The van der Waals surface area contributed by atoms with E-state index in [1.54, 1.807) is 18.4 Å². The van der Waals surface area contributed by atoms with Crippen molar-refractivity contribution in [1.29, 1.82) is 0 Å². The van der Waals surface area contributed by atoms with Crippen LogP contribution in [0.5, 0.6) is 0 Å². The van der Waals surface area contributed by atoms with E-state index in [1.165, 1.54) is 6.08 Å². The van der Waals surface area contributed by atoms with Crippen LogP contribution in [0.3, 0.4) is 0 Å². The second-order valence-electron chi connectivity index (χ2n) is 2.08. The number of primary amides is 1. The Morgan fingerprint density at radius 2 is 2.27 bits per heavy atom. The Bertz CT molecular complexity index is 224. The molecule has 0 aromatic rings. The fourth-order valence-corrected chi connectivity index (χ4v) is 0.710. The topological polar surface area (TPSA) is 90.4 Å². The van der Waals surface area contributed by atoms with Gasteiger partial charge in [0.25, 0.3) is 5.85 Å². The summed E-state index contributed by atoms with van der Waals surface area (Å²) >= 11 is 0. The van der Waals surface area contributed by atoms with Crippen LogP contribution in [0.4, 0.5) is 4.79 Å². The average Bonchev–Trinajstić information content (AvgIpc) is 1.85. The summed E-state index contributed by atoms with van der Waals surface area (Å²) in [6.45, 7) is 0. The number of dihydropyridines is 1. The number of carbonyl (C=O) groups is 1. The Hall–Kier alpha value is -1.49. The van der Waals surface area contributed by atoms with Gasteiger partial charge in [0.1, 0.15) is 0 Å². The fraction of sp³-hybridized carbons (Fsp3) is 0.167. The van der Waals surface area contributed by atoms with Crippen LogP contribution < -0.4 is 16.8 Å². The van der Waals surface area contributed by atoms with Crippen molar-refractivity contribution in [2.45, 2.75) is 5.85 Å². The minimum absolute atomic E-state index is 0.917. The molecule has 1 aliphatic rings. The third kappa shape index (κ3) is 1.98. The first kappa shape index (κ1) is 7.62. The van der Waals surface area contributed by atoms with Crippen molar-refractivity contribution < 1.29 is 9.53 Å². The molecule has 0 bridgehead atoms. The lowest BCUT2D eigenvalue weighted by molar-refractivity contribution is 0.0420. The van der Waals surface area contributed by atoms with E-state index in [0.717, 1.165) is 0 Å². The number of nitrogens with two attached hydrogens (primary N) is 2. The normalized spacial score (nSPS) is 27.7. The highest BCUT2D eigenvalue weighted by atomic mass is 16.6. The highest BCUT2D eigenvalue weighted by molar-refractivity contribution is 5.65. The Morgan fingerprint density at radius 1 is 1.55 bits per heavy atom. The van der Waals surface area contributed by atoms with Crippen molar-refractivity contribution in [3.63, 3.8) is 0 Å². The summed E-state index contributed by atoms with van der Waals surface area (Å²) in [4.78, 5) is 10.3. The standard InChI is InChI=1S/C6H9N3O2/c7-5(10)11-6(8)3-1-2-4-9-6/h1-4,9H,8H2,(H2,7,10). The predicted octanol–water partition coefficient (Wildman–Crippen LogP) is -0.633. The summed E-state index contributed by atoms with van der Waals surface area (Å²) in [5, 5.41) is 2.61. The maximum absolute atomic E-state index is 10.3. The number of amides is 1. The molecule has 11 heavy (non-hydrogen) atoms.